The van der Waals surface area contributed by atoms with Crippen LogP contribution in [0.15, 0.2) is 60.7 Å². The molecule has 38 heavy (non-hydrogen) atoms. The number of halogens is 2. The summed E-state index contributed by atoms with van der Waals surface area (Å²) in [5.41, 5.74) is 0.826. The Balaban J connectivity index is 1.85. The molecule has 3 aromatic carbocycles. The summed E-state index contributed by atoms with van der Waals surface area (Å²) in [7, 11) is 0. The summed E-state index contributed by atoms with van der Waals surface area (Å²) < 4.78 is 46.5. The molecule has 1 aliphatic rings. The van der Waals surface area contributed by atoms with Crippen LogP contribution in [0.2, 0.25) is 0 Å². The van der Waals surface area contributed by atoms with Gasteiger partial charge in [-0.3, -0.25) is 0 Å². The van der Waals surface area contributed by atoms with Crippen LogP contribution in [-0.4, -0.2) is 29.6 Å². The second-order valence-electron chi connectivity index (χ2n) is 9.73. The molecule has 0 aromatic heterocycles. The van der Waals surface area contributed by atoms with E-state index in [1.165, 1.54) is 30.3 Å². The zero-order chi connectivity index (χ0) is 29.0. The SMILES string of the molecule is [2H]C([2H])(C(C)C)N(c1ccc(-c2cc(F)ccc2C(=O)O)cc1NC(=O)Nc1ccccc1F)C1CCCCC1. The number of hydrogen-bond donors (Lipinski definition) is 3. The third-order valence-electron chi connectivity index (χ3n) is 6.49. The van der Waals surface area contributed by atoms with Crippen molar-refractivity contribution < 1.29 is 26.2 Å². The highest BCUT2D eigenvalue weighted by atomic mass is 19.1. The summed E-state index contributed by atoms with van der Waals surface area (Å²) >= 11 is 0. The van der Waals surface area contributed by atoms with Crippen LogP contribution in [0.25, 0.3) is 11.1 Å². The quantitative estimate of drug-likeness (QED) is 0.282. The zero-order valence-electron chi connectivity index (χ0n) is 23.4. The summed E-state index contributed by atoms with van der Waals surface area (Å²) in [6.45, 7) is 1.77. The van der Waals surface area contributed by atoms with Crippen LogP contribution in [0.5, 0.6) is 0 Å². The lowest BCUT2D eigenvalue weighted by atomic mass is 9.92. The fourth-order valence-corrected chi connectivity index (χ4v) is 4.78. The van der Waals surface area contributed by atoms with Gasteiger partial charge in [0.2, 0.25) is 0 Å². The third-order valence-corrected chi connectivity index (χ3v) is 6.49. The fraction of sp³-hybridized carbons (Fsp3) is 0.333. The van der Waals surface area contributed by atoms with E-state index in [1.807, 2.05) is 0 Å². The number of nitrogens with one attached hydrogen (secondary N) is 2. The fourth-order valence-electron chi connectivity index (χ4n) is 4.78. The predicted molar refractivity (Wildman–Crippen MR) is 147 cm³/mol. The van der Waals surface area contributed by atoms with Gasteiger partial charge in [-0.25, -0.2) is 18.4 Å². The van der Waals surface area contributed by atoms with Crippen molar-refractivity contribution >= 4 is 29.1 Å². The third kappa shape index (κ3) is 6.49. The Morgan fingerprint density at radius 3 is 2.39 bits per heavy atom. The number of rotatable bonds is 8. The van der Waals surface area contributed by atoms with Crippen LogP contribution < -0.4 is 15.5 Å². The molecule has 200 valence electrons. The van der Waals surface area contributed by atoms with Crippen LogP contribution in [-0.2, 0) is 0 Å². The predicted octanol–water partition coefficient (Wildman–Crippen LogP) is 7.77. The van der Waals surface area contributed by atoms with Gasteiger partial charge in [-0.1, -0.05) is 51.3 Å². The molecule has 0 bridgehead atoms. The monoisotopic (exact) mass is 523 g/mol. The van der Waals surface area contributed by atoms with Gasteiger partial charge in [0.15, 0.2) is 0 Å². The molecule has 4 rings (SSSR count). The molecule has 6 nitrogen and oxygen atoms in total. The van der Waals surface area contributed by atoms with Crippen molar-refractivity contribution in [2.24, 2.45) is 5.92 Å². The zero-order valence-corrected chi connectivity index (χ0v) is 21.4. The summed E-state index contributed by atoms with van der Waals surface area (Å²) in [5, 5.41) is 14.9. The largest absolute Gasteiger partial charge is 0.478 e. The van der Waals surface area contributed by atoms with Gasteiger partial charge in [0.05, 0.1) is 22.6 Å². The maximum atomic E-state index is 14.2. The maximum Gasteiger partial charge on any atom is 0.336 e. The van der Waals surface area contributed by atoms with E-state index in [4.69, 9.17) is 2.74 Å². The minimum Gasteiger partial charge on any atom is -0.478 e. The number of anilines is 3. The average Bonchev–Trinajstić information content (AvgIpc) is 2.91. The number of carbonyl (C=O) groups excluding carboxylic acids is 1. The Hall–Kier alpha value is -3.94. The van der Waals surface area contributed by atoms with Crippen LogP contribution in [0.3, 0.4) is 0 Å². The van der Waals surface area contributed by atoms with E-state index in [-0.39, 0.29) is 28.5 Å². The molecule has 0 spiro atoms. The topological polar surface area (TPSA) is 81.7 Å². The van der Waals surface area contributed by atoms with Gasteiger partial charge in [-0.15, -0.1) is 0 Å². The van der Waals surface area contributed by atoms with Crippen molar-refractivity contribution in [3.05, 3.63) is 77.9 Å². The van der Waals surface area contributed by atoms with E-state index in [1.54, 1.807) is 36.9 Å². The van der Waals surface area contributed by atoms with Crippen LogP contribution in [0.1, 0.15) is 59.1 Å². The number of urea groups is 1. The number of hydrogen-bond acceptors (Lipinski definition) is 3. The van der Waals surface area contributed by atoms with Gasteiger partial charge >= 0.3 is 12.0 Å². The normalized spacial score (nSPS) is 15.0. The van der Waals surface area contributed by atoms with Crippen LogP contribution in [0, 0.1) is 17.6 Å². The van der Waals surface area contributed by atoms with E-state index in [0.29, 0.717) is 11.3 Å². The number of nitrogens with zero attached hydrogens (tertiary/aromatic N) is 1. The molecule has 0 radical (unpaired) electrons. The average molecular weight is 524 g/mol. The lowest BCUT2D eigenvalue weighted by Crippen LogP contribution is -2.40. The smallest absolute Gasteiger partial charge is 0.336 e. The van der Waals surface area contributed by atoms with Gasteiger partial charge in [-0.2, -0.15) is 0 Å². The molecule has 2 amide bonds. The molecule has 1 saturated carbocycles. The number of amides is 2. The van der Waals surface area contributed by atoms with Gasteiger partial charge < -0.3 is 20.6 Å². The van der Waals surface area contributed by atoms with E-state index in [2.05, 4.69) is 10.6 Å². The van der Waals surface area contributed by atoms with Gasteiger partial charge in [0.1, 0.15) is 11.6 Å². The number of carboxylic acid groups (broad SMARTS) is 1. The number of carbonyl (C=O) groups is 2. The van der Waals surface area contributed by atoms with Crippen molar-refractivity contribution in [3.63, 3.8) is 0 Å². The van der Waals surface area contributed by atoms with E-state index < -0.39 is 36.0 Å². The molecule has 1 fully saturated rings. The van der Waals surface area contributed by atoms with E-state index in [0.717, 1.165) is 44.2 Å². The van der Waals surface area contributed by atoms with Crippen molar-refractivity contribution in [2.75, 3.05) is 22.0 Å². The van der Waals surface area contributed by atoms with Crippen molar-refractivity contribution in [2.45, 2.75) is 52.0 Å². The molecule has 0 aliphatic heterocycles. The second kappa shape index (κ2) is 12.1. The number of para-hydroxylation sites is 1. The van der Waals surface area contributed by atoms with E-state index >= 15 is 0 Å². The highest BCUT2D eigenvalue weighted by Crippen LogP contribution is 2.37. The Kier molecular flexibility index (Phi) is 7.75. The summed E-state index contributed by atoms with van der Waals surface area (Å²) in [6, 6.07) is 12.8. The molecule has 0 heterocycles. The minimum absolute atomic E-state index is 0.0438. The highest BCUT2D eigenvalue weighted by molar-refractivity contribution is 6.03. The van der Waals surface area contributed by atoms with E-state index in [9.17, 15) is 23.5 Å². The Bertz CT molecular complexity index is 1390. The summed E-state index contributed by atoms with van der Waals surface area (Å²) in [6.07, 6.45) is 4.47. The lowest BCUT2D eigenvalue weighted by Gasteiger charge is -2.38. The summed E-state index contributed by atoms with van der Waals surface area (Å²) in [4.78, 5) is 26.7. The molecule has 1 aliphatic carbocycles. The van der Waals surface area contributed by atoms with Crippen molar-refractivity contribution in [3.8, 4) is 11.1 Å². The van der Waals surface area contributed by atoms with Crippen molar-refractivity contribution in [1.82, 2.24) is 0 Å². The van der Waals surface area contributed by atoms with Gasteiger partial charge in [0.25, 0.3) is 0 Å². The Labute approximate surface area is 224 Å². The van der Waals surface area contributed by atoms with Gasteiger partial charge in [0, 0.05) is 15.3 Å². The lowest BCUT2D eigenvalue weighted by molar-refractivity contribution is 0.0697. The molecule has 8 heteroatoms. The van der Waals surface area contributed by atoms with Gasteiger partial charge in [-0.05, 0) is 72.4 Å². The number of benzene rings is 3. The molecule has 0 atom stereocenters. The standard InChI is InChI=1S/C30H33F2N3O3/c1-19(2)18-35(22-8-4-3-5-9-22)28-15-12-20(24-17-21(31)13-14-23(24)29(36)37)16-27(28)34-30(38)33-26-11-7-6-10-25(26)32/h6-7,10-17,19,22H,3-5,8-9,18H2,1-2H3,(H,36,37)(H2,33,34,38)/i18D2. The summed E-state index contributed by atoms with van der Waals surface area (Å²) in [5.74, 6) is -2.91. The molecule has 0 unspecified atom stereocenters. The van der Waals surface area contributed by atoms with Crippen LogP contribution >= 0.6 is 0 Å². The molecule has 3 N–H and O–H groups in total. The highest BCUT2D eigenvalue weighted by Gasteiger charge is 2.25. The van der Waals surface area contributed by atoms with Crippen LogP contribution in [0.4, 0.5) is 30.6 Å². The number of carboxylic acids is 1. The van der Waals surface area contributed by atoms with Crippen molar-refractivity contribution in [1.29, 1.82) is 0 Å². The first kappa shape index (κ1) is 24.4. The maximum absolute atomic E-state index is 14.2. The minimum atomic E-state index is -1.80. The first-order valence-electron chi connectivity index (χ1n) is 13.8. The Morgan fingerprint density at radius 2 is 1.71 bits per heavy atom. The first-order chi connectivity index (χ1) is 19.0. The molecule has 0 saturated heterocycles. The second-order valence-corrected chi connectivity index (χ2v) is 9.73. The number of aromatic carboxylic acids is 1. The molecular weight excluding hydrogens is 488 g/mol. The molecule has 3 aromatic rings. The Morgan fingerprint density at radius 1 is 1.00 bits per heavy atom. The molecular formula is C30H33F2N3O3. The first-order valence-corrected chi connectivity index (χ1v) is 12.8.